The van der Waals surface area contributed by atoms with E-state index in [1.165, 1.54) is 17.0 Å². The van der Waals surface area contributed by atoms with Crippen molar-refractivity contribution in [2.45, 2.75) is 69.0 Å². The third kappa shape index (κ3) is 8.34. The van der Waals surface area contributed by atoms with Gasteiger partial charge in [0.05, 0.1) is 10.6 Å². The number of benzene rings is 4. The van der Waals surface area contributed by atoms with E-state index in [0.717, 1.165) is 42.0 Å². The number of carbonyl (C=O) groups excluding carboxylic acids is 2. The zero-order valence-electron chi connectivity index (χ0n) is 26.1. The quantitative estimate of drug-likeness (QED) is 0.171. The number of ether oxygens (including phenoxy) is 1. The molecule has 5 rings (SSSR count). The summed E-state index contributed by atoms with van der Waals surface area (Å²) in [6.07, 6.45) is 5.51. The van der Waals surface area contributed by atoms with E-state index in [-0.39, 0.29) is 23.4 Å². The molecule has 8 nitrogen and oxygen atoms in total. The highest BCUT2D eigenvalue weighted by molar-refractivity contribution is 7.92. The molecule has 0 bridgehead atoms. The van der Waals surface area contributed by atoms with Crippen LogP contribution in [0.5, 0.6) is 11.5 Å². The van der Waals surface area contributed by atoms with Crippen LogP contribution in [0.25, 0.3) is 0 Å². The molecule has 0 spiro atoms. The minimum absolute atomic E-state index is 0.0594. The first-order valence-electron chi connectivity index (χ1n) is 15.9. The van der Waals surface area contributed by atoms with E-state index in [0.29, 0.717) is 23.6 Å². The summed E-state index contributed by atoms with van der Waals surface area (Å²) < 4.78 is 35.2. The van der Waals surface area contributed by atoms with Gasteiger partial charge in [-0.3, -0.25) is 13.9 Å². The van der Waals surface area contributed by atoms with Crippen LogP contribution in [0.2, 0.25) is 0 Å². The molecule has 0 saturated heterocycles. The number of carbonyl (C=O) groups is 2. The van der Waals surface area contributed by atoms with Crippen molar-refractivity contribution in [1.29, 1.82) is 0 Å². The second-order valence-corrected chi connectivity index (χ2v) is 13.4. The van der Waals surface area contributed by atoms with Crippen LogP contribution >= 0.6 is 0 Å². The van der Waals surface area contributed by atoms with Gasteiger partial charge >= 0.3 is 0 Å². The number of hydrogen-bond acceptors (Lipinski definition) is 5. The lowest BCUT2D eigenvalue weighted by molar-refractivity contribution is -0.140. The van der Waals surface area contributed by atoms with E-state index < -0.39 is 28.5 Å². The number of anilines is 1. The zero-order chi connectivity index (χ0) is 32.4. The maximum Gasteiger partial charge on any atom is 0.264 e. The van der Waals surface area contributed by atoms with Crippen molar-refractivity contribution in [3.05, 3.63) is 121 Å². The van der Waals surface area contributed by atoms with Gasteiger partial charge in [0.1, 0.15) is 24.1 Å². The molecular weight excluding hydrogens is 598 g/mol. The molecule has 2 amide bonds. The molecule has 4 aromatic carbocycles. The van der Waals surface area contributed by atoms with Crippen LogP contribution in [-0.4, -0.2) is 43.8 Å². The molecule has 0 unspecified atom stereocenters. The first kappa shape index (κ1) is 32.8. The van der Waals surface area contributed by atoms with Crippen molar-refractivity contribution in [3.63, 3.8) is 0 Å². The van der Waals surface area contributed by atoms with Crippen LogP contribution in [0.15, 0.2) is 120 Å². The minimum Gasteiger partial charge on any atom is -0.457 e. The van der Waals surface area contributed by atoms with Gasteiger partial charge in [-0.05, 0) is 73.4 Å². The largest absolute Gasteiger partial charge is 0.457 e. The summed E-state index contributed by atoms with van der Waals surface area (Å²) in [6.45, 7) is 1.55. The molecule has 0 heterocycles. The fourth-order valence-electron chi connectivity index (χ4n) is 5.80. The lowest BCUT2D eigenvalue weighted by Crippen LogP contribution is -2.54. The summed E-state index contributed by atoms with van der Waals surface area (Å²) in [6, 6.07) is 32.7. The van der Waals surface area contributed by atoms with E-state index >= 15 is 0 Å². The lowest BCUT2D eigenvalue weighted by Gasteiger charge is -2.34. The third-order valence-corrected chi connectivity index (χ3v) is 10.0. The predicted molar refractivity (Wildman–Crippen MR) is 180 cm³/mol. The second-order valence-electron chi connectivity index (χ2n) is 11.5. The maximum atomic E-state index is 14.3. The van der Waals surface area contributed by atoms with Crippen molar-refractivity contribution in [2.24, 2.45) is 0 Å². The molecule has 1 N–H and O–H groups in total. The molecule has 4 aromatic rings. The Hall–Kier alpha value is -4.63. The van der Waals surface area contributed by atoms with Gasteiger partial charge in [-0.15, -0.1) is 0 Å². The molecule has 0 aliphatic heterocycles. The van der Waals surface area contributed by atoms with Gasteiger partial charge in [-0.25, -0.2) is 8.42 Å². The number of sulfonamides is 1. The molecule has 1 atom stereocenters. The van der Waals surface area contributed by atoms with Crippen LogP contribution in [0.4, 0.5) is 5.69 Å². The lowest BCUT2D eigenvalue weighted by atomic mass is 9.95. The van der Waals surface area contributed by atoms with Gasteiger partial charge in [0.2, 0.25) is 11.8 Å². The summed E-state index contributed by atoms with van der Waals surface area (Å²) in [4.78, 5) is 29.6. The molecule has 46 heavy (non-hydrogen) atoms. The Balaban J connectivity index is 1.46. The van der Waals surface area contributed by atoms with Gasteiger partial charge in [-0.1, -0.05) is 92.9 Å². The van der Waals surface area contributed by atoms with E-state index in [2.05, 4.69) is 5.32 Å². The Morgan fingerprint density at radius 1 is 0.783 bits per heavy atom. The van der Waals surface area contributed by atoms with Crippen molar-refractivity contribution >= 4 is 27.5 Å². The molecule has 1 aliphatic carbocycles. The second kappa shape index (κ2) is 15.6. The van der Waals surface area contributed by atoms with Crippen LogP contribution in [-0.2, 0) is 26.2 Å². The molecule has 9 heteroatoms. The van der Waals surface area contributed by atoms with Crippen LogP contribution in [0.3, 0.4) is 0 Å². The summed E-state index contributed by atoms with van der Waals surface area (Å²) >= 11 is 0. The van der Waals surface area contributed by atoms with Crippen molar-refractivity contribution in [2.75, 3.05) is 10.8 Å². The minimum atomic E-state index is -4.16. The van der Waals surface area contributed by atoms with Gasteiger partial charge in [-0.2, -0.15) is 0 Å². The molecule has 0 aromatic heterocycles. The fourth-order valence-corrected chi connectivity index (χ4v) is 7.23. The van der Waals surface area contributed by atoms with E-state index in [4.69, 9.17) is 4.74 Å². The number of rotatable bonds is 13. The Kier molecular flexibility index (Phi) is 11.1. The monoisotopic (exact) mass is 639 g/mol. The van der Waals surface area contributed by atoms with E-state index in [9.17, 15) is 18.0 Å². The van der Waals surface area contributed by atoms with Crippen molar-refractivity contribution < 1.29 is 22.7 Å². The average molecular weight is 640 g/mol. The molecule has 1 aliphatic rings. The number of amides is 2. The fraction of sp³-hybridized carbons (Fsp3) is 0.297. The maximum absolute atomic E-state index is 14.3. The Morgan fingerprint density at radius 2 is 1.35 bits per heavy atom. The molecule has 1 fully saturated rings. The average Bonchev–Trinajstić information content (AvgIpc) is 3.09. The third-order valence-electron chi connectivity index (χ3n) is 8.25. The molecule has 0 radical (unpaired) electrons. The van der Waals surface area contributed by atoms with E-state index in [1.54, 1.807) is 42.5 Å². The number of hydrogen-bond donors (Lipinski definition) is 1. The Labute approximate surface area is 272 Å². The molecule has 1 saturated carbocycles. The van der Waals surface area contributed by atoms with Gasteiger partial charge in [0.25, 0.3) is 10.0 Å². The first-order valence-corrected chi connectivity index (χ1v) is 17.3. The van der Waals surface area contributed by atoms with Crippen molar-refractivity contribution in [1.82, 2.24) is 10.2 Å². The predicted octanol–water partition coefficient (Wildman–Crippen LogP) is 6.93. The zero-order valence-corrected chi connectivity index (χ0v) is 26.9. The smallest absolute Gasteiger partial charge is 0.264 e. The van der Waals surface area contributed by atoms with Gasteiger partial charge in [0, 0.05) is 12.6 Å². The highest BCUT2D eigenvalue weighted by Crippen LogP contribution is 2.29. The number of nitrogens with one attached hydrogen (secondary N) is 1. The SMILES string of the molecule is CC[C@@H](C(=O)NC1CCCCC1)N(Cc1ccccc1)C(=O)CN(c1ccc(Oc2ccccc2)cc1)S(=O)(=O)c1ccccc1. The summed E-state index contributed by atoms with van der Waals surface area (Å²) in [5.41, 5.74) is 1.15. The van der Waals surface area contributed by atoms with Gasteiger partial charge < -0.3 is 15.0 Å². The van der Waals surface area contributed by atoms with Crippen molar-refractivity contribution in [3.8, 4) is 11.5 Å². The van der Waals surface area contributed by atoms with Crippen LogP contribution in [0.1, 0.15) is 51.0 Å². The summed E-state index contributed by atoms with van der Waals surface area (Å²) in [5.74, 6) is 0.486. The number of para-hydroxylation sites is 1. The standard InChI is InChI=1S/C37H41N3O5S/c1-2-35(37(42)38-30-17-9-4-10-18-30)39(27-29-15-7-3-8-16-29)36(41)28-40(46(43,44)34-21-13-6-14-22-34)31-23-25-33(26-24-31)45-32-19-11-5-12-20-32/h3,5-8,11-16,19-26,30,35H,2,4,9-10,17-18,27-28H2,1H3,(H,38,42)/t35-/m0/s1. The van der Waals surface area contributed by atoms with Crippen LogP contribution < -0.4 is 14.4 Å². The summed E-state index contributed by atoms with van der Waals surface area (Å²) in [7, 11) is -4.16. The van der Waals surface area contributed by atoms with Gasteiger partial charge in [0.15, 0.2) is 0 Å². The van der Waals surface area contributed by atoms with Crippen LogP contribution in [0, 0.1) is 0 Å². The number of nitrogens with zero attached hydrogens (tertiary/aromatic N) is 2. The van der Waals surface area contributed by atoms with E-state index in [1.807, 2.05) is 67.6 Å². The molecular formula is C37H41N3O5S. The summed E-state index contributed by atoms with van der Waals surface area (Å²) in [5, 5.41) is 3.18. The highest BCUT2D eigenvalue weighted by atomic mass is 32.2. The first-order chi connectivity index (χ1) is 22.3. The highest BCUT2D eigenvalue weighted by Gasteiger charge is 2.34. The molecule has 240 valence electrons. The normalized spacial score (nSPS) is 14.2. The topological polar surface area (TPSA) is 96.0 Å². The Bertz CT molecular complexity index is 1660. The Morgan fingerprint density at radius 3 is 1.96 bits per heavy atom.